The number of alkyl halides is 3. The Morgan fingerprint density at radius 2 is 2.00 bits per heavy atom. The summed E-state index contributed by atoms with van der Waals surface area (Å²) in [6, 6.07) is 3.59. The van der Waals surface area contributed by atoms with Crippen molar-refractivity contribution in [3.63, 3.8) is 0 Å². The molecule has 0 bridgehead atoms. The molecule has 3 N–H and O–H groups in total. The molecule has 8 heteroatoms. The SMILES string of the molecule is NC(=S)c1c(F)cccc1N(CCO)CC(F)(F)F. The number of rotatable bonds is 5. The van der Waals surface area contributed by atoms with Gasteiger partial charge in [-0.3, -0.25) is 0 Å². The van der Waals surface area contributed by atoms with Crippen LogP contribution >= 0.6 is 12.2 Å². The lowest BCUT2D eigenvalue weighted by molar-refractivity contribution is -0.119. The van der Waals surface area contributed by atoms with Crippen LogP contribution < -0.4 is 10.6 Å². The summed E-state index contributed by atoms with van der Waals surface area (Å²) in [6.45, 7) is -2.14. The lowest BCUT2D eigenvalue weighted by Crippen LogP contribution is -2.37. The summed E-state index contributed by atoms with van der Waals surface area (Å²) in [5, 5.41) is 8.83. The molecule has 0 fully saturated rings. The van der Waals surface area contributed by atoms with Gasteiger partial charge in [0.1, 0.15) is 17.4 Å². The van der Waals surface area contributed by atoms with Gasteiger partial charge in [0.25, 0.3) is 0 Å². The minimum atomic E-state index is -4.49. The van der Waals surface area contributed by atoms with Crippen molar-refractivity contribution >= 4 is 22.9 Å². The first-order chi connectivity index (χ1) is 8.76. The van der Waals surface area contributed by atoms with Crippen LogP contribution in [0.15, 0.2) is 18.2 Å². The van der Waals surface area contributed by atoms with Gasteiger partial charge in [0.2, 0.25) is 0 Å². The van der Waals surface area contributed by atoms with E-state index >= 15 is 0 Å². The largest absolute Gasteiger partial charge is 0.405 e. The van der Waals surface area contributed by atoms with E-state index in [0.717, 1.165) is 11.0 Å². The zero-order valence-electron chi connectivity index (χ0n) is 9.75. The van der Waals surface area contributed by atoms with Crippen LogP contribution in [0.4, 0.5) is 23.2 Å². The van der Waals surface area contributed by atoms with Crippen molar-refractivity contribution in [1.29, 1.82) is 0 Å². The van der Waals surface area contributed by atoms with Gasteiger partial charge >= 0.3 is 6.18 Å². The van der Waals surface area contributed by atoms with Crippen molar-refractivity contribution < 1.29 is 22.7 Å². The number of aliphatic hydroxyl groups excluding tert-OH is 1. The number of aliphatic hydroxyl groups is 1. The van der Waals surface area contributed by atoms with Crippen LogP contribution in [-0.2, 0) is 0 Å². The highest BCUT2D eigenvalue weighted by Crippen LogP contribution is 2.26. The molecule has 1 aromatic rings. The van der Waals surface area contributed by atoms with E-state index in [2.05, 4.69) is 12.2 Å². The minimum Gasteiger partial charge on any atom is -0.395 e. The van der Waals surface area contributed by atoms with E-state index < -0.39 is 25.1 Å². The average Bonchev–Trinajstić information content (AvgIpc) is 2.25. The van der Waals surface area contributed by atoms with Crippen LogP contribution in [0.3, 0.4) is 0 Å². The molecule has 0 radical (unpaired) electrons. The highest BCUT2D eigenvalue weighted by atomic mass is 32.1. The third-order valence-corrected chi connectivity index (χ3v) is 2.52. The molecule has 19 heavy (non-hydrogen) atoms. The highest BCUT2D eigenvalue weighted by Gasteiger charge is 2.32. The molecular weight excluding hydrogens is 284 g/mol. The second-order valence-corrected chi connectivity index (χ2v) is 4.20. The van der Waals surface area contributed by atoms with Crippen molar-refractivity contribution in [3.05, 3.63) is 29.6 Å². The Balaban J connectivity index is 3.22. The second kappa shape index (κ2) is 6.16. The van der Waals surface area contributed by atoms with Crippen LogP contribution in [0, 0.1) is 5.82 Å². The van der Waals surface area contributed by atoms with Crippen molar-refractivity contribution in [2.24, 2.45) is 5.73 Å². The molecule has 1 rings (SSSR count). The maximum Gasteiger partial charge on any atom is 0.405 e. The number of nitrogens with two attached hydrogens (primary N) is 1. The minimum absolute atomic E-state index is 0.0844. The van der Waals surface area contributed by atoms with Gasteiger partial charge in [0.15, 0.2) is 0 Å². The first-order valence-corrected chi connectivity index (χ1v) is 5.68. The molecule has 0 aliphatic rings. The molecule has 0 aliphatic heterocycles. The predicted molar refractivity (Wildman–Crippen MR) is 67.6 cm³/mol. The predicted octanol–water partition coefficient (Wildman–Crippen LogP) is 1.82. The Kier molecular flexibility index (Phi) is 5.07. The van der Waals surface area contributed by atoms with Gasteiger partial charge in [0.05, 0.1) is 17.9 Å². The number of hydrogen-bond donors (Lipinski definition) is 2. The van der Waals surface area contributed by atoms with Gasteiger partial charge in [-0.1, -0.05) is 18.3 Å². The van der Waals surface area contributed by atoms with Crippen LogP contribution in [0.2, 0.25) is 0 Å². The quantitative estimate of drug-likeness (QED) is 0.643. The third-order valence-electron chi connectivity index (χ3n) is 2.32. The number of halogens is 4. The molecule has 0 atom stereocenters. The number of hydrogen-bond acceptors (Lipinski definition) is 3. The molecule has 0 aromatic heterocycles. The Morgan fingerprint density at radius 3 is 2.47 bits per heavy atom. The van der Waals surface area contributed by atoms with E-state index in [4.69, 9.17) is 10.8 Å². The fourth-order valence-corrected chi connectivity index (χ4v) is 1.84. The number of benzene rings is 1. The van der Waals surface area contributed by atoms with Crippen LogP contribution in [0.25, 0.3) is 0 Å². The van der Waals surface area contributed by atoms with Gasteiger partial charge < -0.3 is 15.7 Å². The molecule has 0 saturated heterocycles. The summed E-state index contributed by atoms with van der Waals surface area (Å²) in [5.74, 6) is -0.796. The third kappa shape index (κ3) is 4.32. The van der Waals surface area contributed by atoms with E-state index in [0.29, 0.717) is 0 Å². The molecular formula is C11H12F4N2OS. The maximum atomic E-state index is 13.6. The van der Waals surface area contributed by atoms with E-state index in [-0.39, 0.29) is 22.8 Å². The fraction of sp³-hybridized carbons (Fsp3) is 0.364. The lowest BCUT2D eigenvalue weighted by atomic mass is 10.1. The normalized spacial score (nSPS) is 11.4. The lowest BCUT2D eigenvalue weighted by Gasteiger charge is -2.27. The van der Waals surface area contributed by atoms with Gasteiger partial charge in [-0.2, -0.15) is 13.2 Å². The van der Waals surface area contributed by atoms with Crippen LogP contribution in [-0.4, -0.2) is 36.0 Å². The summed E-state index contributed by atoms with van der Waals surface area (Å²) >= 11 is 4.65. The molecule has 0 aliphatic carbocycles. The molecule has 0 saturated carbocycles. The van der Waals surface area contributed by atoms with Crippen molar-refractivity contribution in [2.45, 2.75) is 6.18 Å². The van der Waals surface area contributed by atoms with Crippen molar-refractivity contribution in [1.82, 2.24) is 0 Å². The summed E-state index contributed by atoms with van der Waals surface area (Å²) in [6.07, 6.45) is -4.49. The maximum absolute atomic E-state index is 13.6. The first kappa shape index (κ1) is 15.6. The van der Waals surface area contributed by atoms with Gasteiger partial charge in [0, 0.05) is 6.54 Å². The van der Waals surface area contributed by atoms with Crippen LogP contribution in [0.1, 0.15) is 5.56 Å². The van der Waals surface area contributed by atoms with E-state index in [1.807, 2.05) is 0 Å². The topological polar surface area (TPSA) is 49.5 Å². The van der Waals surface area contributed by atoms with Crippen LogP contribution in [0.5, 0.6) is 0 Å². The number of thiocarbonyl (C=S) groups is 1. The summed E-state index contributed by atoms with van der Waals surface area (Å²) < 4.78 is 51.0. The standard InChI is InChI=1S/C11H12F4N2OS/c12-7-2-1-3-8(9(7)10(16)19)17(4-5-18)6-11(13,14)15/h1-3,18H,4-6H2,(H2,16,19). The molecule has 0 heterocycles. The molecule has 0 spiro atoms. The smallest absolute Gasteiger partial charge is 0.395 e. The fourth-order valence-electron chi connectivity index (χ4n) is 1.64. The summed E-state index contributed by atoms with van der Waals surface area (Å²) in [5.41, 5.74) is 5.00. The van der Waals surface area contributed by atoms with E-state index in [1.165, 1.54) is 12.1 Å². The average molecular weight is 296 g/mol. The summed E-state index contributed by atoms with van der Waals surface area (Å²) in [4.78, 5) is 0.454. The molecule has 0 amide bonds. The highest BCUT2D eigenvalue weighted by molar-refractivity contribution is 7.80. The molecule has 106 valence electrons. The summed E-state index contributed by atoms with van der Waals surface area (Å²) in [7, 11) is 0. The van der Waals surface area contributed by atoms with E-state index in [9.17, 15) is 17.6 Å². The van der Waals surface area contributed by atoms with Gasteiger partial charge in [-0.05, 0) is 12.1 Å². The number of nitrogens with zero attached hydrogens (tertiary/aromatic N) is 1. The van der Waals surface area contributed by atoms with Crippen molar-refractivity contribution in [3.8, 4) is 0 Å². The molecule has 1 aromatic carbocycles. The zero-order chi connectivity index (χ0) is 14.6. The monoisotopic (exact) mass is 296 g/mol. The van der Waals surface area contributed by atoms with Gasteiger partial charge in [-0.15, -0.1) is 0 Å². The Morgan fingerprint density at radius 1 is 1.37 bits per heavy atom. The number of anilines is 1. The van der Waals surface area contributed by atoms with Crippen molar-refractivity contribution in [2.75, 3.05) is 24.6 Å². The molecule has 0 unspecified atom stereocenters. The first-order valence-electron chi connectivity index (χ1n) is 5.27. The van der Waals surface area contributed by atoms with E-state index in [1.54, 1.807) is 0 Å². The Labute approximate surface area is 112 Å². The molecule has 3 nitrogen and oxygen atoms in total. The van der Waals surface area contributed by atoms with Gasteiger partial charge in [-0.25, -0.2) is 4.39 Å². The second-order valence-electron chi connectivity index (χ2n) is 3.76. The Hall–Kier alpha value is -1.41. The Bertz CT molecular complexity index is 464. The zero-order valence-corrected chi connectivity index (χ0v) is 10.6.